The van der Waals surface area contributed by atoms with Crippen LogP contribution in [0, 0.1) is 15.9 Å². The van der Waals surface area contributed by atoms with Crippen LogP contribution in [0.5, 0.6) is 0 Å². The van der Waals surface area contributed by atoms with Crippen molar-refractivity contribution in [2.24, 2.45) is 0 Å². The van der Waals surface area contributed by atoms with E-state index in [4.69, 9.17) is 0 Å². The third kappa shape index (κ3) is 4.40. The number of halogens is 1. The van der Waals surface area contributed by atoms with Gasteiger partial charge in [0.25, 0.3) is 11.6 Å². The Bertz CT molecular complexity index is 837. The summed E-state index contributed by atoms with van der Waals surface area (Å²) < 4.78 is 13.9. The molecule has 0 radical (unpaired) electrons. The summed E-state index contributed by atoms with van der Waals surface area (Å²) in [6.45, 7) is 4.56. The van der Waals surface area contributed by atoms with Crippen molar-refractivity contribution < 1.29 is 19.0 Å². The smallest absolute Gasteiger partial charge is 0.282 e. The number of anilines is 2. The number of carbonyl (C=O) groups excluding carboxylic acids is 1. The van der Waals surface area contributed by atoms with Crippen LogP contribution >= 0.6 is 0 Å². The van der Waals surface area contributed by atoms with Gasteiger partial charge in [-0.15, -0.1) is 0 Å². The van der Waals surface area contributed by atoms with E-state index in [0.717, 1.165) is 4.90 Å². The van der Waals surface area contributed by atoms with Gasteiger partial charge in [-0.3, -0.25) is 14.9 Å². The lowest BCUT2D eigenvalue weighted by atomic mass is 10.2. The number of non-ortho nitro benzene ring substituents is 1. The Labute approximate surface area is 156 Å². The molecule has 8 heteroatoms. The molecule has 1 atom stereocenters. The number of benzene rings is 2. The SMILES string of the molecule is C[C@@H](C(=O)Nc1cccc([N+](=O)[O-])c1)[NH+]1CCN(c2ccccc2F)CC1. The van der Waals surface area contributed by atoms with Crippen LogP contribution in [0.15, 0.2) is 48.5 Å². The number of amides is 1. The predicted molar refractivity (Wildman–Crippen MR) is 100 cm³/mol. The number of quaternary nitrogens is 1. The maximum absolute atomic E-state index is 13.9. The third-order valence-corrected chi connectivity index (χ3v) is 4.93. The quantitative estimate of drug-likeness (QED) is 0.614. The average molecular weight is 373 g/mol. The topological polar surface area (TPSA) is 79.9 Å². The summed E-state index contributed by atoms with van der Waals surface area (Å²) in [6.07, 6.45) is 0. The Morgan fingerprint density at radius 1 is 1.22 bits per heavy atom. The number of piperazine rings is 1. The first-order valence-corrected chi connectivity index (χ1v) is 8.85. The highest BCUT2D eigenvalue weighted by Gasteiger charge is 2.30. The number of para-hydroxylation sites is 1. The zero-order chi connectivity index (χ0) is 19.4. The summed E-state index contributed by atoms with van der Waals surface area (Å²) in [7, 11) is 0. The third-order valence-electron chi connectivity index (χ3n) is 4.93. The summed E-state index contributed by atoms with van der Waals surface area (Å²) in [5, 5.41) is 13.6. The zero-order valence-corrected chi connectivity index (χ0v) is 15.0. The Hall–Kier alpha value is -3.00. The van der Waals surface area contributed by atoms with Gasteiger partial charge in [-0.05, 0) is 25.1 Å². The Morgan fingerprint density at radius 3 is 2.59 bits per heavy atom. The number of nitrogens with zero attached hydrogens (tertiary/aromatic N) is 2. The van der Waals surface area contributed by atoms with Crippen molar-refractivity contribution in [2.75, 3.05) is 36.4 Å². The largest absolute Gasteiger partial charge is 0.358 e. The van der Waals surface area contributed by atoms with E-state index in [-0.39, 0.29) is 23.5 Å². The molecule has 142 valence electrons. The van der Waals surface area contributed by atoms with Crippen LogP contribution in [0.4, 0.5) is 21.5 Å². The average Bonchev–Trinajstić information content (AvgIpc) is 2.68. The summed E-state index contributed by atoms with van der Waals surface area (Å²) in [5.41, 5.74) is 0.932. The van der Waals surface area contributed by atoms with E-state index in [2.05, 4.69) is 5.32 Å². The highest BCUT2D eigenvalue weighted by Crippen LogP contribution is 2.19. The van der Waals surface area contributed by atoms with Gasteiger partial charge in [0.15, 0.2) is 6.04 Å². The molecule has 0 spiro atoms. The molecular formula is C19H22FN4O3+. The molecule has 7 nitrogen and oxygen atoms in total. The number of nitro benzene ring substituents is 1. The van der Waals surface area contributed by atoms with Crippen LogP contribution in [0.25, 0.3) is 0 Å². The van der Waals surface area contributed by atoms with Crippen molar-refractivity contribution in [3.05, 3.63) is 64.5 Å². The maximum Gasteiger partial charge on any atom is 0.282 e. The van der Waals surface area contributed by atoms with Crippen molar-refractivity contribution in [3.8, 4) is 0 Å². The second-order valence-electron chi connectivity index (χ2n) is 6.62. The minimum absolute atomic E-state index is 0.0636. The molecule has 1 aliphatic rings. The summed E-state index contributed by atoms with van der Waals surface area (Å²) in [5.74, 6) is -0.428. The van der Waals surface area contributed by atoms with Crippen LogP contribution in [0.1, 0.15) is 6.92 Å². The van der Waals surface area contributed by atoms with E-state index in [0.29, 0.717) is 37.6 Å². The maximum atomic E-state index is 13.9. The molecule has 2 N–H and O–H groups in total. The van der Waals surface area contributed by atoms with E-state index in [9.17, 15) is 19.3 Å². The Kier molecular flexibility index (Phi) is 5.66. The highest BCUT2D eigenvalue weighted by molar-refractivity contribution is 5.93. The van der Waals surface area contributed by atoms with E-state index in [1.807, 2.05) is 17.9 Å². The Balaban J connectivity index is 1.58. The van der Waals surface area contributed by atoms with E-state index in [1.54, 1.807) is 24.3 Å². The van der Waals surface area contributed by atoms with Gasteiger partial charge in [-0.1, -0.05) is 18.2 Å². The molecule has 2 aromatic rings. The molecule has 0 saturated carbocycles. The second kappa shape index (κ2) is 8.13. The molecule has 0 aromatic heterocycles. The molecular weight excluding hydrogens is 351 g/mol. The summed E-state index contributed by atoms with van der Waals surface area (Å²) in [6, 6.07) is 12.3. The first-order chi connectivity index (χ1) is 13.0. The predicted octanol–water partition coefficient (Wildman–Crippen LogP) is 1.47. The lowest BCUT2D eigenvalue weighted by molar-refractivity contribution is -0.914. The van der Waals surface area contributed by atoms with Crippen LogP contribution in [-0.4, -0.2) is 43.1 Å². The van der Waals surface area contributed by atoms with Crippen LogP contribution in [0.2, 0.25) is 0 Å². The molecule has 3 rings (SSSR count). The standard InChI is InChI=1S/C19H21FN4O3/c1-14(19(25)21-15-5-4-6-16(13-15)24(26)27)22-9-11-23(12-10-22)18-8-3-2-7-17(18)20/h2-8,13-14H,9-12H2,1H3,(H,21,25)/p+1/t14-/m0/s1. The molecule has 1 heterocycles. The van der Waals surface area contributed by atoms with Gasteiger partial charge in [0.1, 0.15) is 5.82 Å². The van der Waals surface area contributed by atoms with E-state index >= 15 is 0 Å². The highest BCUT2D eigenvalue weighted by atomic mass is 19.1. The molecule has 1 saturated heterocycles. The van der Waals surface area contributed by atoms with Crippen molar-refractivity contribution in [2.45, 2.75) is 13.0 Å². The van der Waals surface area contributed by atoms with E-state index in [1.165, 1.54) is 18.2 Å². The first-order valence-electron chi connectivity index (χ1n) is 8.85. The molecule has 27 heavy (non-hydrogen) atoms. The van der Waals surface area contributed by atoms with Gasteiger partial charge in [-0.2, -0.15) is 0 Å². The number of carbonyl (C=O) groups is 1. The van der Waals surface area contributed by atoms with Gasteiger partial charge < -0.3 is 15.1 Å². The second-order valence-corrected chi connectivity index (χ2v) is 6.62. The van der Waals surface area contributed by atoms with Crippen molar-refractivity contribution in [1.82, 2.24) is 0 Å². The van der Waals surface area contributed by atoms with Crippen molar-refractivity contribution in [1.29, 1.82) is 0 Å². The van der Waals surface area contributed by atoms with Gasteiger partial charge in [0, 0.05) is 17.8 Å². The van der Waals surface area contributed by atoms with Crippen molar-refractivity contribution >= 4 is 23.0 Å². The van der Waals surface area contributed by atoms with Gasteiger partial charge in [0.2, 0.25) is 0 Å². The van der Waals surface area contributed by atoms with Crippen LogP contribution in [-0.2, 0) is 4.79 Å². The lowest BCUT2D eigenvalue weighted by Gasteiger charge is -2.36. The van der Waals surface area contributed by atoms with Gasteiger partial charge >= 0.3 is 0 Å². The number of hydrogen-bond donors (Lipinski definition) is 2. The normalized spacial score (nSPS) is 16.0. The van der Waals surface area contributed by atoms with Crippen LogP contribution in [0.3, 0.4) is 0 Å². The van der Waals surface area contributed by atoms with Crippen molar-refractivity contribution in [3.63, 3.8) is 0 Å². The Morgan fingerprint density at radius 2 is 1.93 bits per heavy atom. The number of rotatable bonds is 5. The van der Waals surface area contributed by atoms with Crippen LogP contribution < -0.4 is 15.1 Å². The summed E-state index contributed by atoms with van der Waals surface area (Å²) >= 11 is 0. The van der Waals surface area contributed by atoms with Gasteiger partial charge in [0.05, 0.1) is 36.8 Å². The van der Waals surface area contributed by atoms with E-state index < -0.39 is 4.92 Å². The fourth-order valence-electron chi connectivity index (χ4n) is 3.31. The molecule has 1 fully saturated rings. The lowest BCUT2D eigenvalue weighted by Crippen LogP contribution is -3.19. The summed E-state index contributed by atoms with van der Waals surface area (Å²) in [4.78, 5) is 26.0. The number of nitrogens with one attached hydrogen (secondary N) is 2. The molecule has 0 unspecified atom stereocenters. The van der Waals surface area contributed by atoms with Gasteiger partial charge in [-0.25, -0.2) is 4.39 Å². The molecule has 2 aromatic carbocycles. The number of nitro groups is 1. The monoisotopic (exact) mass is 373 g/mol. The molecule has 0 bridgehead atoms. The number of hydrogen-bond acceptors (Lipinski definition) is 4. The fraction of sp³-hybridized carbons (Fsp3) is 0.316. The molecule has 1 amide bonds. The minimum Gasteiger partial charge on any atom is -0.358 e. The minimum atomic E-state index is -0.494. The molecule has 0 aliphatic carbocycles. The molecule has 1 aliphatic heterocycles. The first kappa shape index (κ1) is 18.8. The zero-order valence-electron chi connectivity index (χ0n) is 15.0. The fourth-order valence-corrected chi connectivity index (χ4v) is 3.31.